The van der Waals surface area contributed by atoms with E-state index in [1.165, 1.54) is 0 Å². The van der Waals surface area contributed by atoms with Crippen molar-refractivity contribution in [3.05, 3.63) is 11.8 Å². The van der Waals surface area contributed by atoms with E-state index in [0.29, 0.717) is 25.0 Å². The van der Waals surface area contributed by atoms with Gasteiger partial charge in [0.25, 0.3) is 0 Å². The van der Waals surface area contributed by atoms with Gasteiger partial charge in [0.2, 0.25) is 0 Å². The van der Waals surface area contributed by atoms with E-state index in [9.17, 15) is 9.59 Å². The molecule has 0 aromatic heterocycles. The molecule has 1 atom stereocenters. The normalized spacial score (nSPS) is 34.2. The average Bonchev–Trinajstić information content (AvgIpc) is 2.08. The summed E-state index contributed by atoms with van der Waals surface area (Å²) in [6.45, 7) is 5.85. The van der Waals surface area contributed by atoms with Gasteiger partial charge >= 0.3 is 5.97 Å². The molecule has 3 nitrogen and oxygen atoms in total. The zero-order valence-corrected chi connectivity index (χ0v) is 9.42. The SMILES string of the molecule is CC1(C)C=C2OC(=O)CCC2(C)C(=O)C1. The summed E-state index contributed by atoms with van der Waals surface area (Å²) >= 11 is 0. The standard InChI is InChI=1S/C12H16O3/c1-11(2)6-8(13)12(3)5-4-10(14)15-9(12)7-11/h7H,4-6H2,1-3H3. The van der Waals surface area contributed by atoms with Crippen LogP contribution < -0.4 is 0 Å². The van der Waals surface area contributed by atoms with Crippen molar-refractivity contribution < 1.29 is 14.3 Å². The topological polar surface area (TPSA) is 43.4 Å². The van der Waals surface area contributed by atoms with Crippen LogP contribution in [0.3, 0.4) is 0 Å². The Balaban J connectivity index is 2.44. The van der Waals surface area contributed by atoms with Gasteiger partial charge in [0.1, 0.15) is 11.5 Å². The Hall–Kier alpha value is -1.12. The van der Waals surface area contributed by atoms with Gasteiger partial charge in [0.05, 0.1) is 5.41 Å². The zero-order valence-electron chi connectivity index (χ0n) is 9.42. The van der Waals surface area contributed by atoms with Crippen LogP contribution in [-0.2, 0) is 14.3 Å². The molecule has 15 heavy (non-hydrogen) atoms. The van der Waals surface area contributed by atoms with Crippen molar-refractivity contribution in [1.29, 1.82) is 0 Å². The summed E-state index contributed by atoms with van der Waals surface area (Å²) in [5.41, 5.74) is -0.743. The Morgan fingerprint density at radius 1 is 1.27 bits per heavy atom. The van der Waals surface area contributed by atoms with Crippen LogP contribution in [0.1, 0.15) is 40.0 Å². The minimum atomic E-state index is -0.552. The maximum Gasteiger partial charge on any atom is 0.310 e. The van der Waals surface area contributed by atoms with Crippen molar-refractivity contribution >= 4 is 11.8 Å². The van der Waals surface area contributed by atoms with Gasteiger partial charge in [-0.1, -0.05) is 13.8 Å². The van der Waals surface area contributed by atoms with Gasteiger partial charge in [0.15, 0.2) is 0 Å². The lowest BCUT2D eigenvalue weighted by molar-refractivity contribution is -0.150. The minimum Gasteiger partial charge on any atom is -0.430 e. The molecule has 1 heterocycles. The molecule has 0 radical (unpaired) electrons. The molecular formula is C12H16O3. The van der Waals surface area contributed by atoms with E-state index in [0.717, 1.165) is 0 Å². The summed E-state index contributed by atoms with van der Waals surface area (Å²) < 4.78 is 5.20. The first-order valence-electron chi connectivity index (χ1n) is 5.31. The summed E-state index contributed by atoms with van der Waals surface area (Å²) in [5.74, 6) is 0.543. The van der Waals surface area contributed by atoms with Crippen LogP contribution in [0.4, 0.5) is 0 Å². The number of Topliss-reactive ketones (excluding diaryl/α,β-unsaturated/α-hetero) is 1. The molecule has 0 bridgehead atoms. The molecular weight excluding hydrogens is 192 g/mol. The number of ether oxygens (including phenoxy) is 1. The van der Waals surface area contributed by atoms with E-state index in [1.54, 1.807) is 0 Å². The second kappa shape index (κ2) is 2.94. The van der Waals surface area contributed by atoms with E-state index in [1.807, 2.05) is 26.8 Å². The molecule has 1 unspecified atom stereocenters. The molecule has 1 aliphatic carbocycles. The van der Waals surface area contributed by atoms with Crippen molar-refractivity contribution in [2.75, 3.05) is 0 Å². The highest BCUT2D eigenvalue weighted by Gasteiger charge is 2.48. The monoisotopic (exact) mass is 208 g/mol. The molecule has 2 rings (SSSR count). The van der Waals surface area contributed by atoms with Crippen molar-refractivity contribution in [2.45, 2.75) is 40.0 Å². The molecule has 2 aliphatic rings. The van der Waals surface area contributed by atoms with E-state index >= 15 is 0 Å². The third-order valence-electron chi connectivity index (χ3n) is 3.35. The maximum absolute atomic E-state index is 12.0. The third-order valence-corrected chi connectivity index (χ3v) is 3.35. The average molecular weight is 208 g/mol. The molecule has 1 aliphatic heterocycles. The molecule has 0 aromatic carbocycles. The minimum absolute atomic E-state index is 0.191. The van der Waals surface area contributed by atoms with E-state index < -0.39 is 5.41 Å². The van der Waals surface area contributed by atoms with Crippen LogP contribution in [0, 0.1) is 10.8 Å². The molecule has 3 heteroatoms. The largest absolute Gasteiger partial charge is 0.430 e. The van der Waals surface area contributed by atoms with Crippen LogP contribution in [0.5, 0.6) is 0 Å². The lowest BCUT2D eigenvalue weighted by Crippen LogP contribution is -2.42. The first-order valence-corrected chi connectivity index (χ1v) is 5.31. The summed E-state index contributed by atoms with van der Waals surface area (Å²) in [4.78, 5) is 23.2. The summed E-state index contributed by atoms with van der Waals surface area (Å²) in [6, 6.07) is 0. The number of esters is 1. The lowest BCUT2D eigenvalue weighted by atomic mass is 9.66. The maximum atomic E-state index is 12.0. The van der Waals surface area contributed by atoms with Crippen molar-refractivity contribution in [3.8, 4) is 0 Å². The zero-order chi connectivity index (χ0) is 11.3. The quantitative estimate of drug-likeness (QED) is 0.573. The predicted octanol–water partition coefficient (Wildman–Crippen LogP) is 2.21. The first kappa shape index (κ1) is 10.4. The van der Waals surface area contributed by atoms with Gasteiger partial charge in [-0.2, -0.15) is 0 Å². The lowest BCUT2D eigenvalue weighted by Gasteiger charge is -2.40. The first-order chi connectivity index (χ1) is 6.83. The number of fused-ring (bicyclic) bond motifs is 1. The van der Waals surface area contributed by atoms with E-state index in [2.05, 4.69) is 0 Å². The smallest absolute Gasteiger partial charge is 0.310 e. The van der Waals surface area contributed by atoms with Gasteiger partial charge in [-0.25, -0.2) is 0 Å². The van der Waals surface area contributed by atoms with Crippen LogP contribution in [-0.4, -0.2) is 11.8 Å². The van der Waals surface area contributed by atoms with E-state index in [4.69, 9.17) is 4.74 Å². The molecule has 0 amide bonds. The fourth-order valence-electron chi connectivity index (χ4n) is 2.24. The van der Waals surface area contributed by atoms with Gasteiger partial charge in [-0.3, -0.25) is 9.59 Å². The Morgan fingerprint density at radius 3 is 2.60 bits per heavy atom. The molecule has 1 saturated heterocycles. The molecule has 0 N–H and O–H groups in total. The number of carbonyl (C=O) groups excluding carboxylic acids is 2. The summed E-state index contributed by atoms with van der Waals surface area (Å²) in [5, 5.41) is 0. The highest BCUT2D eigenvalue weighted by molar-refractivity contribution is 5.91. The molecule has 0 aromatic rings. The Morgan fingerprint density at radius 2 is 1.93 bits per heavy atom. The number of hydrogen-bond acceptors (Lipinski definition) is 3. The van der Waals surface area contributed by atoms with Crippen LogP contribution >= 0.6 is 0 Å². The van der Waals surface area contributed by atoms with Crippen molar-refractivity contribution in [1.82, 2.24) is 0 Å². The van der Waals surface area contributed by atoms with Crippen molar-refractivity contribution in [2.24, 2.45) is 10.8 Å². The van der Waals surface area contributed by atoms with Gasteiger partial charge < -0.3 is 4.74 Å². The number of rotatable bonds is 0. The van der Waals surface area contributed by atoms with Crippen LogP contribution in [0.25, 0.3) is 0 Å². The second-order valence-electron chi connectivity index (χ2n) is 5.40. The van der Waals surface area contributed by atoms with Gasteiger partial charge in [-0.15, -0.1) is 0 Å². The van der Waals surface area contributed by atoms with Crippen LogP contribution in [0.15, 0.2) is 11.8 Å². The Labute approximate surface area is 89.5 Å². The number of allylic oxidation sites excluding steroid dienone is 2. The number of carbonyl (C=O) groups is 2. The van der Waals surface area contributed by atoms with Crippen molar-refractivity contribution in [3.63, 3.8) is 0 Å². The fraction of sp³-hybridized carbons (Fsp3) is 0.667. The number of hydrogen-bond donors (Lipinski definition) is 0. The highest BCUT2D eigenvalue weighted by Crippen LogP contribution is 2.47. The third kappa shape index (κ3) is 1.60. The summed E-state index contributed by atoms with van der Waals surface area (Å²) in [6.07, 6.45) is 3.41. The highest BCUT2D eigenvalue weighted by atomic mass is 16.5. The molecule has 0 saturated carbocycles. The fourth-order valence-corrected chi connectivity index (χ4v) is 2.24. The van der Waals surface area contributed by atoms with Gasteiger partial charge in [-0.05, 0) is 24.8 Å². The van der Waals surface area contributed by atoms with Crippen LogP contribution in [0.2, 0.25) is 0 Å². The number of ketones is 1. The molecule has 82 valence electrons. The second-order valence-corrected chi connectivity index (χ2v) is 5.40. The van der Waals surface area contributed by atoms with Gasteiger partial charge in [0, 0.05) is 12.8 Å². The summed E-state index contributed by atoms with van der Waals surface area (Å²) in [7, 11) is 0. The Bertz CT molecular complexity index is 365. The Kier molecular flexibility index (Phi) is 2.04. The van der Waals surface area contributed by atoms with E-state index in [-0.39, 0.29) is 17.2 Å². The molecule has 0 spiro atoms. The predicted molar refractivity (Wildman–Crippen MR) is 54.9 cm³/mol. The molecule has 1 fully saturated rings.